The highest BCUT2D eigenvalue weighted by atomic mass is 19.4. The van der Waals surface area contributed by atoms with Gasteiger partial charge in [0.05, 0.1) is 30.9 Å². The molecule has 7 nitrogen and oxygen atoms in total. The van der Waals surface area contributed by atoms with Crippen molar-refractivity contribution < 1.29 is 37.3 Å². The Bertz CT molecular complexity index is 679. The summed E-state index contributed by atoms with van der Waals surface area (Å²) in [7, 11) is 0. The van der Waals surface area contributed by atoms with Crippen LogP contribution in [0, 0.1) is 0 Å². The third kappa shape index (κ3) is 2.84. The van der Waals surface area contributed by atoms with Crippen LogP contribution in [0.2, 0.25) is 0 Å². The summed E-state index contributed by atoms with van der Waals surface area (Å²) in [6.07, 6.45) is -7.21. The fourth-order valence-electron chi connectivity index (χ4n) is 2.59. The molecule has 2 amide bonds. The van der Waals surface area contributed by atoms with E-state index in [1.54, 1.807) is 0 Å². The van der Waals surface area contributed by atoms with Crippen LogP contribution in [0.3, 0.4) is 0 Å². The van der Waals surface area contributed by atoms with Gasteiger partial charge in [-0.05, 0) is 18.2 Å². The molecule has 0 radical (unpaired) electrons. The molecule has 0 aromatic heterocycles. The van der Waals surface area contributed by atoms with Crippen molar-refractivity contribution in [2.75, 3.05) is 36.1 Å². The topological polar surface area (TPSA) is 79.3 Å². The van der Waals surface area contributed by atoms with Crippen molar-refractivity contribution >= 4 is 23.6 Å². The second kappa shape index (κ2) is 5.86. The molecule has 0 aliphatic carbocycles. The summed E-state index contributed by atoms with van der Waals surface area (Å²) in [6.45, 7) is -0.460. The molecule has 24 heavy (non-hydrogen) atoms. The number of alkyl halides is 3. The Balaban J connectivity index is 1.99. The van der Waals surface area contributed by atoms with E-state index in [-0.39, 0.29) is 31.1 Å². The molecule has 1 aromatic rings. The van der Waals surface area contributed by atoms with E-state index >= 15 is 0 Å². The summed E-state index contributed by atoms with van der Waals surface area (Å²) < 4.78 is 49.6. The quantitative estimate of drug-likeness (QED) is 0.905. The molecule has 2 heterocycles. The Morgan fingerprint density at radius 3 is 2.50 bits per heavy atom. The van der Waals surface area contributed by atoms with Crippen LogP contribution in [0.25, 0.3) is 0 Å². The van der Waals surface area contributed by atoms with Gasteiger partial charge in [0.15, 0.2) is 0 Å². The molecule has 1 unspecified atom stereocenters. The lowest BCUT2D eigenvalue weighted by atomic mass is 10.1. The van der Waals surface area contributed by atoms with Crippen molar-refractivity contribution in [3.8, 4) is 0 Å². The zero-order chi connectivity index (χ0) is 17.5. The lowest BCUT2D eigenvalue weighted by Gasteiger charge is -2.22. The lowest BCUT2D eigenvalue weighted by molar-refractivity contribution is -0.137. The molecular formula is C14H13F3N2O5. The molecule has 10 heteroatoms. The third-order valence-electron chi connectivity index (χ3n) is 3.73. The predicted molar refractivity (Wildman–Crippen MR) is 74.8 cm³/mol. The SMILES string of the molecule is O=C1OC(CO)CN1c1ccc(N2CCOC2=O)c(C(F)(F)F)c1. The Labute approximate surface area is 134 Å². The van der Waals surface area contributed by atoms with Crippen LogP contribution in [0.15, 0.2) is 18.2 Å². The van der Waals surface area contributed by atoms with Gasteiger partial charge in [-0.1, -0.05) is 0 Å². The first-order valence-corrected chi connectivity index (χ1v) is 7.06. The Hall–Kier alpha value is -2.49. The standard InChI is InChI=1S/C14H13F3N2O5/c15-14(16,17)10-5-8(19-6-9(7-20)24-13(19)22)1-2-11(10)18-3-4-23-12(18)21/h1-2,5,9,20H,3-4,6-7H2. The number of anilines is 2. The number of hydrogen-bond acceptors (Lipinski definition) is 5. The molecule has 0 bridgehead atoms. The largest absolute Gasteiger partial charge is 0.447 e. The van der Waals surface area contributed by atoms with E-state index in [4.69, 9.17) is 9.84 Å². The van der Waals surface area contributed by atoms with Crippen molar-refractivity contribution in [2.45, 2.75) is 12.3 Å². The van der Waals surface area contributed by atoms with Crippen LogP contribution in [0.4, 0.5) is 34.1 Å². The van der Waals surface area contributed by atoms with Gasteiger partial charge < -0.3 is 14.6 Å². The minimum absolute atomic E-state index is 0.00845. The average Bonchev–Trinajstić information content (AvgIpc) is 3.11. The van der Waals surface area contributed by atoms with Crippen molar-refractivity contribution in [1.29, 1.82) is 0 Å². The van der Waals surface area contributed by atoms with Gasteiger partial charge in [0.1, 0.15) is 12.7 Å². The normalized spacial score (nSPS) is 21.2. The number of ether oxygens (including phenoxy) is 2. The van der Waals surface area contributed by atoms with Gasteiger partial charge in [0, 0.05) is 5.69 Å². The highest BCUT2D eigenvalue weighted by Gasteiger charge is 2.40. The van der Waals surface area contributed by atoms with Crippen molar-refractivity contribution in [1.82, 2.24) is 0 Å². The maximum absolute atomic E-state index is 13.4. The molecule has 1 aromatic carbocycles. The van der Waals surface area contributed by atoms with Gasteiger partial charge in [-0.15, -0.1) is 0 Å². The highest BCUT2D eigenvalue weighted by Crippen LogP contribution is 2.40. The first kappa shape index (κ1) is 16.4. The number of amides is 2. The fraction of sp³-hybridized carbons (Fsp3) is 0.429. The van der Waals surface area contributed by atoms with E-state index in [2.05, 4.69) is 4.74 Å². The van der Waals surface area contributed by atoms with Crippen LogP contribution >= 0.6 is 0 Å². The van der Waals surface area contributed by atoms with Gasteiger partial charge >= 0.3 is 18.4 Å². The van der Waals surface area contributed by atoms with Crippen LogP contribution in [0.1, 0.15) is 5.56 Å². The number of rotatable bonds is 3. The maximum Gasteiger partial charge on any atom is 0.418 e. The van der Waals surface area contributed by atoms with Gasteiger partial charge in [-0.25, -0.2) is 9.59 Å². The number of carbonyl (C=O) groups excluding carboxylic acids is 2. The van der Waals surface area contributed by atoms with Crippen LogP contribution in [0.5, 0.6) is 0 Å². The monoisotopic (exact) mass is 346 g/mol. The summed E-state index contributed by atoms with van der Waals surface area (Å²) in [5.41, 5.74) is -1.42. The molecule has 2 fully saturated rings. The molecular weight excluding hydrogens is 333 g/mol. The van der Waals surface area contributed by atoms with Crippen molar-refractivity contribution in [3.05, 3.63) is 23.8 Å². The lowest BCUT2D eigenvalue weighted by Crippen LogP contribution is -2.28. The van der Waals surface area contributed by atoms with E-state index < -0.39 is 36.6 Å². The number of aliphatic hydroxyl groups excluding tert-OH is 1. The number of aliphatic hydroxyl groups is 1. The zero-order valence-electron chi connectivity index (χ0n) is 12.2. The molecule has 2 aliphatic heterocycles. The van der Waals surface area contributed by atoms with Gasteiger partial charge in [0.25, 0.3) is 0 Å². The number of cyclic esters (lactones) is 2. The Morgan fingerprint density at radius 1 is 1.21 bits per heavy atom. The number of halogens is 3. The number of nitrogens with zero attached hydrogens (tertiary/aromatic N) is 2. The molecule has 3 rings (SSSR count). The second-order valence-corrected chi connectivity index (χ2v) is 5.26. The van der Waals surface area contributed by atoms with Crippen LogP contribution < -0.4 is 9.80 Å². The molecule has 2 aliphatic rings. The zero-order valence-corrected chi connectivity index (χ0v) is 12.2. The number of carbonyl (C=O) groups is 2. The average molecular weight is 346 g/mol. The second-order valence-electron chi connectivity index (χ2n) is 5.26. The number of hydrogen-bond donors (Lipinski definition) is 1. The van der Waals surface area contributed by atoms with Crippen molar-refractivity contribution in [2.24, 2.45) is 0 Å². The molecule has 0 saturated carbocycles. The minimum atomic E-state index is -4.73. The third-order valence-corrected chi connectivity index (χ3v) is 3.73. The minimum Gasteiger partial charge on any atom is -0.447 e. The number of benzene rings is 1. The Morgan fingerprint density at radius 2 is 1.96 bits per heavy atom. The molecule has 0 spiro atoms. The van der Waals surface area contributed by atoms with E-state index in [1.165, 1.54) is 6.07 Å². The fourth-order valence-corrected chi connectivity index (χ4v) is 2.59. The predicted octanol–water partition coefficient (Wildman–Crippen LogP) is 1.98. The van der Waals surface area contributed by atoms with E-state index in [0.29, 0.717) is 0 Å². The van der Waals surface area contributed by atoms with E-state index in [9.17, 15) is 22.8 Å². The van der Waals surface area contributed by atoms with Gasteiger partial charge in [-0.2, -0.15) is 13.2 Å². The van der Waals surface area contributed by atoms with E-state index in [0.717, 1.165) is 21.9 Å². The summed E-state index contributed by atoms with van der Waals surface area (Å²) in [6, 6.07) is 3.18. The first-order chi connectivity index (χ1) is 11.3. The molecule has 1 atom stereocenters. The van der Waals surface area contributed by atoms with Crippen LogP contribution in [-0.4, -0.2) is 49.7 Å². The van der Waals surface area contributed by atoms with Crippen molar-refractivity contribution in [3.63, 3.8) is 0 Å². The summed E-state index contributed by atoms with van der Waals surface area (Å²) in [5.74, 6) is 0. The van der Waals surface area contributed by atoms with E-state index in [1.807, 2.05) is 0 Å². The highest BCUT2D eigenvalue weighted by molar-refractivity contribution is 5.93. The smallest absolute Gasteiger partial charge is 0.418 e. The summed E-state index contributed by atoms with van der Waals surface area (Å²) in [5, 5.41) is 9.01. The molecule has 1 N–H and O–H groups in total. The Kier molecular flexibility index (Phi) is 3.99. The molecule has 130 valence electrons. The van der Waals surface area contributed by atoms with Gasteiger partial charge in [0.2, 0.25) is 0 Å². The summed E-state index contributed by atoms with van der Waals surface area (Å²) in [4.78, 5) is 25.2. The van der Waals surface area contributed by atoms with Crippen LogP contribution in [-0.2, 0) is 15.7 Å². The summed E-state index contributed by atoms with van der Waals surface area (Å²) >= 11 is 0. The first-order valence-electron chi connectivity index (χ1n) is 7.06. The molecule has 2 saturated heterocycles. The van der Waals surface area contributed by atoms with Gasteiger partial charge in [-0.3, -0.25) is 9.80 Å². The maximum atomic E-state index is 13.4.